The molecule has 0 spiro atoms. The van der Waals surface area contributed by atoms with E-state index in [0.717, 1.165) is 0 Å². The Kier molecular flexibility index (Phi) is 3.97. The molecule has 2 aromatic rings. The first-order valence-electron chi connectivity index (χ1n) is 5.50. The van der Waals surface area contributed by atoms with Crippen molar-refractivity contribution >= 4 is 12.1 Å². The standard InChI is InChI=1S/C14H10F2N2O/c15-11-7-5-10(6-8-11)9-17-18-14(19)12-3-1-2-4-13(12)16/h1-9H,(H,18,19)/b17-9-. The first kappa shape index (κ1) is 12.9. The van der Waals surface area contributed by atoms with E-state index in [0.29, 0.717) is 5.56 Å². The van der Waals surface area contributed by atoms with Gasteiger partial charge in [-0.25, -0.2) is 14.2 Å². The quantitative estimate of drug-likeness (QED) is 0.669. The molecule has 0 aromatic heterocycles. The van der Waals surface area contributed by atoms with Crippen molar-refractivity contribution in [3.05, 3.63) is 71.3 Å². The van der Waals surface area contributed by atoms with Gasteiger partial charge in [0.15, 0.2) is 0 Å². The molecule has 0 aliphatic heterocycles. The first-order chi connectivity index (χ1) is 9.16. The summed E-state index contributed by atoms with van der Waals surface area (Å²) in [5.74, 6) is -1.61. The highest BCUT2D eigenvalue weighted by molar-refractivity contribution is 5.95. The van der Waals surface area contributed by atoms with Crippen molar-refractivity contribution in [1.29, 1.82) is 0 Å². The number of amides is 1. The van der Waals surface area contributed by atoms with Gasteiger partial charge in [-0.15, -0.1) is 0 Å². The summed E-state index contributed by atoms with van der Waals surface area (Å²) in [6.45, 7) is 0. The molecule has 1 N–H and O–H groups in total. The number of rotatable bonds is 3. The average Bonchev–Trinajstić information content (AvgIpc) is 2.41. The molecule has 0 unspecified atom stereocenters. The molecule has 0 aliphatic rings. The molecule has 2 rings (SSSR count). The van der Waals surface area contributed by atoms with Gasteiger partial charge in [0.2, 0.25) is 0 Å². The van der Waals surface area contributed by atoms with Crippen LogP contribution in [-0.2, 0) is 0 Å². The summed E-state index contributed by atoms with van der Waals surface area (Å²) in [5, 5.41) is 3.68. The highest BCUT2D eigenvalue weighted by Gasteiger charge is 2.08. The lowest BCUT2D eigenvalue weighted by atomic mass is 10.2. The predicted octanol–water partition coefficient (Wildman–Crippen LogP) is 2.73. The third-order valence-corrected chi connectivity index (χ3v) is 2.37. The van der Waals surface area contributed by atoms with Crippen LogP contribution < -0.4 is 5.43 Å². The zero-order valence-electron chi connectivity index (χ0n) is 9.81. The Morgan fingerprint density at radius 2 is 1.74 bits per heavy atom. The van der Waals surface area contributed by atoms with E-state index in [4.69, 9.17) is 0 Å². The van der Waals surface area contributed by atoms with Gasteiger partial charge in [-0.3, -0.25) is 4.79 Å². The fourth-order valence-electron chi connectivity index (χ4n) is 1.42. The minimum atomic E-state index is -0.642. The van der Waals surface area contributed by atoms with Gasteiger partial charge in [-0.1, -0.05) is 24.3 Å². The van der Waals surface area contributed by atoms with Crippen molar-refractivity contribution < 1.29 is 13.6 Å². The molecule has 0 saturated carbocycles. The lowest BCUT2D eigenvalue weighted by Crippen LogP contribution is -2.18. The number of benzene rings is 2. The van der Waals surface area contributed by atoms with E-state index in [1.54, 1.807) is 6.07 Å². The van der Waals surface area contributed by atoms with Crippen LogP contribution in [-0.4, -0.2) is 12.1 Å². The first-order valence-corrected chi connectivity index (χ1v) is 5.50. The number of hydrazone groups is 1. The number of hydrogen-bond donors (Lipinski definition) is 1. The lowest BCUT2D eigenvalue weighted by Gasteiger charge is -2.00. The molecule has 0 saturated heterocycles. The van der Waals surface area contributed by atoms with Gasteiger partial charge in [0.1, 0.15) is 11.6 Å². The largest absolute Gasteiger partial charge is 0.274 e. The topological polar surface area (TPSA) is 41.5 Å². The smallest absolute Gasteiger partial charge is 0.267 e. The zero-order valence-corrected chi connectivity index (χ0v) is 9.81. The maximum atomic E-state index is 13.3. The van der Waals surface area contributed by atoms with Gasteiger partial charge in [0.05, 0.1) is 11.8 Å². The molecule has 96 valence electrons. The normalized spacial score (nSPS) is 10.6. The maximum Gasteiger partial charge on any atom is 0.274 e. The number of nitrogens with one attached hydrogen (secondary N) is 1. The minimum absolute atomic E-state index is 0.0845. The monoisotopic (exact) mass is 260 g/mol. The van der Waals surface area contributed by atoms with Gasteiger partial charge in [-0.05, 0) is 29.8 Å². The van der Waals surface area contributed by atoms with Crippen LogP contribution in [0.3, 0.4) is 0 Å². The Hall–Kier alpha value is -2.56. The second kappa shape index (κ2) is 5.86. The van der Waals surface area contributed by atoms with Crippen LogP contribution >= 0.6 is 0 Å². The average molecular weight is 260 g/mol. The minimum Gasteiger partial charge on any atom is -0.267 e. The van der Waals surface area contributed by atoms with Crippen LogP contribution in [0.25, 0.3) is 0 Å². The summed E-state index contributed by atoms with van der Waals surface area (Å²) >= 11 is 0. The summed E-state index contributed by atoms with van der Waals surface area (Å²) < 4.78 is 25.9. The van der Waals surface area contributed by atoms with Crippen LogP contribution in [0.5, 0.6) is 0 Å². The fourth-order valence-corrected chi connectivity index (χ4v) is 1.42. The van der Waals surface area contributed by atoms with Gasteiger partial charge in [0.25, 0.3) is 5.91 Å². The van der Waals surface area contributed by atoms with Crippen molar-refractivity contribution in [3.8, 4) is 0 Å². The molecule has 0 aliphatic carbocycles. The van der Waals surface area contributed by atoms with Gasteiger partial charge < -0.3 is 0 Å². The van der Waals surface area contributed by atoms with E-state index in [1.165, 1.54) is 48.7 Å². The number of nitrogens with zero attached hydrogens (tertiary/aromatic N) is 1. The summed E-state index contributed by atoms with van der Waals surface area (Å²) in [6.07, 6.45) is 1.35. The van der Waals surface area contributed by atoms with Crippen LogP contribution in [0.4, 0.5) is 8.78 Å². The number of carbonyl (C=O) groups is 1. The van der Waals surface area contributed by atoms with Crippen molar-refractivity contribution in [3.63, 3.8) is 0 Å². The molecule has 1 amide bonds. The van der Waals surface area contributed by atoms with Crippen LogP contribution in [0, 0.1) is 11.6 Å². The predicted molar refractivity (Wildman–Crippen MR) is 67.9 cm³/mol. The Labute approximate surface area is 108 Å². The fraction of sp³-hybridized carbons (Fsp3) is 0. The van der Waals surface area contributed by atoms with Crippen molar-refractivity contribution in [2.45, 2.75) is 0 Å². The Morgan fingerprint density at radius 1 is 1.05 bits per heavy atom. The van der Waals surface area contributed by atoms with Crippen molar-refractivity contribution in [2.75, 3.05) is 0 Å². The van der Waals surface area contributed by atoms with E-state index < -0.39 is 11.7 Å². The van der Waals surface area contributed by atoms with Crippen LogP contribution in [0.2, 0.25) is 0 Å². The highest BCUT2D eigenvalue weighted by atomic mass is 19.1. The number of hydrogen-bond acceptors (Lipinski definition) is 2. The van der Waals surface area contributed by atoms with Crippen LogP contribution in [0.15, 0.2) is 53.6 Å². The van der Waals surface area contributed by atoms with Gasteiger partial charge >= 0.3 is 0 Å². The third kappa shape index (κ3) is 3.45. The van der Waals surface area contributed by atoms with Crippen molar-refractivity contribution in [1.82, 2.24) is 5.43 Å². The lowest BCUT2D eigenvalue weighted by molar-refractivity contribution is 0.0951. The zero-order chi connectivity index (χ0) is 13.7. The molecule has 0 heterocycles. The molecular weight excluding hydrogens is 250 g/mol. The Morgan fingerprint density at radius 3 is 2.42 bits per heavy atom. The van der Waals surface area contributed by atoms with E-state index in [9.17, 15) is 13.6 Å². The summed E-state index contributed by atoms with van der Waals surface area (Å²) in [7, 11) is 0. The molecule has 2 aromatic carbocycles. The Bertz CT molecular complexity index is 609. The van der Waals surface area contributed by atoms with Crippen molar-refractivity contribution in [2.24, 2.45) is 5.10 Å². The second-order valence-corrected chi connectivity index (χ2v) is 3.73. The van der Waals surface area contributed by atoms with Gasteiger partial charge in [-0.2, -0.15) is 5.10 Å². The SMILES string of the molecule is O=C(N/N=C\c1ccc(F)cc1)c1ccccc1F. The summed E-state index contributed by atoms with van der Waals surface area (Å²) in [6, 6.07) is 11.2. The molecule has 0 bridgehead atoms. The number of halogens is 2. The van der Waals surface area contributed by atoms with Gasteiger partial charge in [0, 0.05) is 0 Å². The maximum absolute atomic E-state index is 13.3. The molecule has 0 fully saturated rings. The molecule has 3 nitrogen and oxygen atoms in total. The number of carbonyl (C=O) groups excluding carboxylic acids is 1. The van der Waals surface area contributed by atoms with E-state index >= 15 is 0 Å². The second-order valence-electron chi connectivity index (χ2n) is 3.73. The summed E-state index contributed by atoms with van der Waals surface area (Å²) in [4.78, 5) is 11.6. The highest BCUT2D eigenvalue weighted by Crippen LogP contribution is 2.05. The molecule has 0 radical (unpaired) electrons. The van der Waals surface area contributed by atoms with E-state index in [2.05, 4.69) is 10.5 Å². The summed E-state index contributed by atoms with van der Waals surface area (Å²) in [5.41, 5.74) is 2.74. The molecule has 0 atom stereocenters. The third-order valence-electron chi connectivity index (χ3n) is 2.37. The molecule has 19 heavy (non-hydrogen) atoms. The molecular formula is C14H10F2N2O. The van der Waals surface area contributed by atoms with Crippen LogP contribution in [0.1, 0.15) is 15.9 Å². The Balaban J connectivity index is 2.01. The van der Waals surface area contributed by atoms with E-state index in [1.807, 2.05) is 0 Å². The van der Waals surface area contributed by atoms with E-state index in [-0.39, 0.29) is 11.4 Å². The molecule has 5 heteroatoms.